The van der Waals surface area contributed by atoms with E-state index in [0.29, 0.717) is 39.3 Å². The number of piperidine rings is 1. The number of aliphatic carboxylic acids is 1. The van der Waals surface area contributed by atoms with E-state index in [0.717, 1.165) is 25.9 Å². The normalized spacial score (nSPS) is 25.8. The number of urea groups is 1. The quantitative estimate of drug-likeness (QED) is 0.705. The maximum absolute atomic E-state index is 11.9. The summed E-state index contributed by atoms with van der Waals surface area (Å²) in [6, 6.07) is -0.176. The lowest BCUT2D eigenvalue weighted by atomic mass is 9.99. The lowest BCUT2D eigenvalue weighted by Gasteiger charge is -2.30. The van der Waals surface area contributed by atoms with Gasteiger partial charge in [0, 0.05) is 32.8 Å². The summed E-state index contributed by atoms with van der Waals surface area (Å²) in [7, 11) is 0. The van der Waals surface area contributed by atoms with Crippen molar-refractivity contribution in [2.75, 3.05) is 39.5 Å². The van der Waals surface area contributed by atoms with Crippen LogP contribution in [-0.4, -0.2) is 67.6 Å². The van der Waals surface area contributed by atoms with Crippen LogP contribution in [0.4, 0.5) is 4.79 Å². The lowest BCUT2D eigenvalue weighted by Crippen LogP contribution is -2.47. The number of ether oxygens (including phenoxy) is 2. The van der Waals surface area contributed by atoms with Gasteiger partial charge in [0.1, 0.15) is 0 Å². The average Bonchev–Trinajstić information content (AvgIpc) is 3.00. The molecule has 2 unspecified atom stereocenters. The van der Waals surface area contributed by atoms with Crippen molar-refractivity contribution < 1.29 is 24.2 Å². The van der Waals surface area contributed by atoms with Crippen LogP contribution < -0.4 is 5.32 Å². The van der Waals surface area contributed by atoms with Crippen LogP contribution in [0, 0.1) is 5.92 Å². The Kier molecular flexibility index (Phi) is 6.25. The van der Waals surface area contributed by atoms with E-state index in [9.17, 15) is 9.59 Å². The molecule has 0 aromatic carbocycles. The highest BCUT2D eigenvalue weighted by atomic mass is 16.5. The summed E-state index contributed by atoms with van der Waals surface area (Å²) in [4.78, 5) is 24.5. The third-order valence-corrected chi connectivity index (χ3v) is 3.90. The zero-order valence-electron chi connectivity index (χ0n) is 12.3. The molecule has 2 atom stereocenters. The Hall–Kier alpha value is -1.34. The van der Waals surface area contributed by atoms with Crippen molar-refractivity contribution in [3.8, 4) is 0 Å². The zero-order chi connectivity index (χ0) is 15.1. The zero-order valence-corrected chi connectivity index (χ0v) is 12.3. The molecule has 120 valence electrons. The number of carbonyl (C=O) groups excluding carboxylic acids is 1. The molecule has 0 aromatic rings. The molecule has 0 spiro atoms. The van der Waals surface area contributed by atoms with Crippen LogP contribution in [0.3, 0.4) is 0 Å². The molecule has 0 aromatic heterocycles. The summed E-state index contributed by atoms with van der Waals surface area (Å²) in [6.07, 6.45) is 3.28. The molecule has 2 amide bonds. The Balaban J connectivity index is 1.57. The summed E-state index contributed by atoms with van der Waals surface area (Å²) in [5, 5.41) is 11.8. The molecule has 2 fully saturated rings. The van der Waals surface area contributed by atoms with Gasteiger partial charge in [-0.05, 0) is 25.7 Å². The Bertz CT molecular complexity index is 357. The minimum atomic E-state index is -0.820. The molecule has 2 aliphatic heterocycles. The highest BCUT2D eigenvalue weighted by Crippen LogP contribution is 2.16. The Labute approximate surface area is 124 Å². The van der Waals surface area contributed by atoms with Gasteiger partial charge in [0.05, 0.1) is 18.6 Å². The van der Waals surface area contributed by atoms with Crippen LogP contribution in [0.1, 0.15) is 25.7 Å². The van der Waals surface area contributed by atoms with E-state index in [4.69, 9.17) is 14.6 Å². The first-order chi connectivity index (χ1) is 10.2. The molecule has 7 heteroatoms. The number of carboxylic acid groups (broad SMARTS) is 1. The molecule has 2 N–H and O–H groups in total. The topological polar surface area (TPSA) is 88.1 Å². The molecule has 2 aliphatic rings. The van der Waals surface area contributed by atoms with Gasteiger partial charge in [0.25, 0.3) is 0 Å². The lowest BCUT2D eigenvalue weighted by molar-refractivity contribution is -0.143. The van der Waals surface area contributed by atoms with Crippen LogP contribution in [0.25, 0.3) is 0 Å². The van der Waals surface area contributed by atoms with Crippen LogP contribution >= 0.6 is 0 Å². The standard InChI is InChI=1S/C14H24N2O5/c17-13(18)11-3-1-6-16(9-11)14(19)15-5-2-7-21-12-4-8-20-10-12/h11-12H,1-10H2,(H,15,19)(H,17,18). The molecule has 0 aliphatic carbocycles. The van der Waals surface area contributed by atoms with Crippen molar-refractivity contribution in [3.05, 3.63) is 0 Å². The first-order valence-electron chi connectivity index (χ1n) is 7.61. The number of hydrogen-bond donors (Lipinski definition) is 2. The number of nitrogens with zero attached hydrogens (tertiary/aromatic N) is 1. The molecule has 2 heterocycles. The summed E-state index contributed by atoms with van der Waals surface area (Å²) in [5.74, 6) is -1.25. The number of carbonyl (C=O) groups is 2. The number of hydrogen-bond acceptors (Lipinski definition) is 4. The first kappa shape index (κ1) is 16.0. The Morgan fingerprint density at radius 2 is 2.24 bits per heavy atom. The van der Waals surface area contributed by atoms with Crippen LogP contribution in [-0.2, 0) is 14.3 Å². The molecule has 7 nitrogen and oxygen atoms in total. The van der Waals surface area contributed by atoms with E-state index in [1.54, 1.807) is 4.90 Å². The Morgan fingerprint density at radius 1 is 1.38 bits per heavy atom. The number of likely N-dealkylation sites (tertiary alicyclic amines) is 1. The fourth-order valence-electron chi connectivity index (χ4n) is 2.64. The van der Waals surface area contributed by atoms with Gasteiger partial charge in [-0.25, -0.2) is 4.79 Å². The monoisotopic (exact) mass is 300 g/mol. The number of rotatable bonds is 6. The molecular formula is C14H24N2O5. The van der Waals surface area contributed by atoms with E-state index in [-0.39, 0.29) is 12.1 Å². The van der Waals surface area contributed by atoms with E-state index in [2.05, 4.69) is 5.32 Å². The predicted octanol–water partition coefficient (Wildman–Crippen LogP) is 0.688. The first-order valence-corrected chi connectivity index (χ1v) is 7.61. The maximum atomic E-state index is 11.9. The summed E-state index contributed by atoms with van der Waals surface area (Å²) in [6.45, 7) is 3.51. The van der Waals surface area contributed by atoms with E-state index < -0.39 is 11.9 Å². The van der Waals surface area contributed by atoms with Crippen molar-refractivity contribution in [2.45, 2.75) is 31.8 Å². The molecule has 0 bridgehead atoms. The van der Waals surface area contributed by atoms with Gasteiger partial charge in [0.15, 0.2) is 0 Å². The molecule has 2 rings (SSSR count). The number of carboxylic acids is 1. The minimum Gasteiger partial charge on any atom is -0.481 e. The van der Waals surface area contributed by atoms with Crippen LogP contribution in [0.2, 0.25) is 0 Å². The van der Waals surface area contributed by atoms with Crippen LogP contribution in [0.5, 0.6) is 0 Å². The van der Waals surface area contributed by atoms with E-state index >= 15 is 0 Å². The minimum absolute atomic E-state index is 0.176. The van der Waals surface area contributed by atoms with Crippen molar-refractivity contribution in [1.82, 2.24) is 10.2 Å². The smallest absolute Gasteiger partial charge is 0.317 e. The highest BCUT2D eigenvalue weighted by Gasteiger charge is 2.27. The summed E-state index contributed by atoms with van der Waals surface area (Å²) in [5.41, 5.74) is 0. The molecular weight excluding hydrogens is 276 g/mol. The van der Waals surface area contributed by atoms with Gasteiger partial charge in [-0.3, -0.25) is 4.79 Å². The molecule has 2 saturated heterocycles. The molecule has 0 saturated carbocycles. The Morgan fingerprint density at radius 3 is 2.95 bits per heavy atom. The summed E-state index contributed by atoms with van der Waals surface area (Å²) < 4.78 is 10.8. The second-order valence-electron chi connectivity index (χ2n) is 5.57. The van der Waals surface area contributed by atoms with Gasteiger partial charge in [0.2, 0.25) is 0 Å². The summed E-state index contributed by atoms with van der Waals surface area (Å²) >= 11 is 0. The van der Waals surface area contributed by atoms with E-state index in [1.807, 2.05) is 0 Å². The van der Waals surface area contributed by atoms with Crippen molar-refractivity contribution >= 4 is 12.0 Å². The fourth-order valence-corrected chi connectivity index (χ4v) is 2.64. The predicted molar refractivity (Wildman–Crippen MR) is 75.1 cm³/mol. The second kappa shape index (κ2) is 8.19. The fraction of sp³-hybridized carbons (Fsp3) is 0.857. The maximum Gasteiger partial charge on any atom is 0.317 e. The van der Waals surface area contributed by atoms with Crippen molar-refractivity contribution in [2.24, 2.45) is 5.92 Å². The largest absolute Gasteiger partial charge is 0.481 e. The second-order valence-corrected chi connectivity index (χ2v) is 5.57. The van der Waals surface area contributed by atoms with Gasteiger partial charge in [-0.15, -0.1) is 0 Å². The highest BCUT2D eigenvalue weighted by molar-refractivity contribution is 5.76. The van der Waals surface area contributed by atoms with E-state index in [1.165, 1.54) is 0 Å². The average molecular weight is 300 g/mol. The van der Waals surface area contributed by atoms with Crippen LogP contribution in [0.15, 0.2) is 0 Å². The number of amides is 2. The van der Waals surface area contributed by atoms with Gasteiger partial charge in [-0.2, -0.15) is 0 Å². The number of nitrogens with one attached hydrogen (secondary N) is 1. The van der Waals surface area contributed by atoms with Gasteiger partial charge >= 0.3 is 12.0 Å². The van der Waals surface area contributed by atoms with Gasteiger partial charge < -0.3 is 24.8 Å². The molecule has 0 radical (unpaired) electrons. The third-order valence-electron chi connectivity index (χ3n) is 3.90. The van der Waals surface area contributed by atoms with Crippen molar-refractivity contribution in [3.63, 3.8) is 0 Å². The SMILES string of the molecule is O=C(O)C1CCCN(C(=O)NCCCOC2CCOC2)C1. The third kappa shape index (κ3) is 5.17. The van der Waals surface area contributed by atoms with Gasteiger partial charge in [-0.1, -0.05) is 0 Å². The van der Waals surface area contributed by atoms with Crippen molar-refractivity contribution in [1.29, 1.82) is 0 Å². The molecule has 21 heavy (non-hydrogen) atoms.